The van der Waals surface area contributed by atoms with Crippen LogP contribution in [0.2, 0.25) is 0 Å². The monoisotopic (exact) mass is 284 g/mol. The third kappa shape index (κ3) is 3.66. The van der Waals surface area contributed by atoms with E-state index in [9.17, 15) is 13.2 Å². The predicted molar refractivity (Wildman–Crippen MR) is 63.4 cm³/mol. The third-order valence-electron chi connectivity index (χ3n) is 1.79. The molecule has 0 saturated carbocycles. The van der Waals surface area contributed by atoms with Gasteiger partial charge in [-0.2, -0.15) is 0 Å². The zero-order valence-corrected chi connectivity index (χ0v) is 10.5. The summed E-state index contributed by atoms with van der Waals surface area (Å²) in [6.07, 6.45) is 0. The fourth-order valence-corrected chi connectivity index (χ4v) is 2.68. The Balaban J connectivity index is 0.00000225. The second-order valence-electron chi connectivity index (χ2n) is 2.84. The van der Waals surface area contributed by atoms with Crippen molar-refractivity contribution in [2.45, 2.75) is 4.90 Å². The first kappa shape index (κ1) is 15.2. The van der Waals surface area contributed by atoms with Gasteiger partial charge in [0, 0.05) is 5.88 Å². The zero-order valence-electron chi connectivity index (χ0n) is 8.09. The Labute approximate surface area is 105 Å². The number of alkyl halides is 1. The maximum Gasteiger partial charge on any atom is 0.335 e. The molecule has 0 aliphatic rings. The largest absolute Gasteiger partial charge is 0.478 e. The molecule has 0 aliphatic heterocycles. The quantitative estimate of drug-likeness (QED) is 0.856. The highest BCUT2D eigenvalue weighted by Crippen LogP contribution is 2.13. The number of sulfone groups is 1. The van der Waals surface area contributed by atoms with Crippen molar-refractivity contribution in [3.8, 4) is 0 Å². The van der Waals surface area contributed by atoms with Crippen molar-refractivity contribution < 1.29 is 18.3 Å². The van der Waals surface area contributed by atoms with Crippen molar-refractivity contribution in [2.75, 3.05) is 11.6 Å². The third-order valence-corrected chi connectivity index (χ3v) is 3.91. The lowest BCUT2D eigenvalue weighted by atomic mass is 10.2. The number of halogens is 2. The summed E-state index contributed by atoms with van der Waals surface area (Å²) in [6.45, 7) is 0. The molecule has 1 rings (SSSR count). The zero-order chi connectivity index (χ0) is 11.5. The summed E-state index contributed by atoms with van der Waals surface area (Å²) in [4.78, 5) is 10.6. The van der Waals surface area contributed by atoms with Gasteiger partial charge in [0.25, 0.3) is 0 Å². The molecule has 4 nitrogen and oxygen atoms in total. The van der Waals surface area contributed by atoms with E-state index in [2.05, 4.69) is 0 Å². The van der Waals surface area contributed by atoms with Gasteiger partial charge in [-0.05, 0) is 18.2 Å². The van der Waals surface area contributed by atoms with Crippen molar-refractivity contribution in [1.82, 2.24) is 0 Å². The minimum absolute atomic E-state index is 0. The molecule has 0 radical (unpaired) electrons. The van der Waals surface area contributed by atoms with Crippen LogP contribution in [0.5, 0.6) is 0 Å². The standard InChI is InChI=1S/C9H9ClO4S.ClH/c10-4-5-15(13,14)8-3-1-2-7(6-8)9(11)12;/h1-3,6H,4-5H2,(H,11,12);1H. The lowest BCUT2D eigenvalue weighted by Crippen LogP contribution is -2.09. The number of hydrogen-bond donors (Lipinski definition) is 1. The lowest BCUT2D eigenvalue weighted by molar-refractivity contribution is 0.0696. The number of carbonyl (C=O) groups is 1. The Bertz CT molecular complexity index is 470. The van der Waals surface area contributed by atoms with E-state index in [0.717, 1.165) is 6.07 Å². The Hall–Kier alpha value is -0.780. The number of carboxylic acid groups (broad SMARTS) is 1. The van der Waals surface area contributed by atoms with Gasteiger partial charge in [-0.25, -0.2) is 13.2 Å². The summed E-state index contributed by atoms with van der Waals surface area (Å²) in [7, 11) is -3.46. The molecule has 0 amide bonds. The molecule has 0 aromatic heterocycles. The first-order valence-electron chi connectivity index (χ1n) is 4.09. The molecule has 90 valence electrons. The highest BCUT2D eigenvalue weighted by molar-refractivity contribution is 7.91. The summed E-state index contributed by atoms with van der Waals surface area (Å²) < 4.78 is 23.1. The van der Waals surface area contributed by atoms with Crippen LogP contribution in [0, 0.1) is 0 Å². The molecule has 7 heteroatoms. The minimum Gasteiger partial charge on any atom is -0.478 e. The van der Waals surface area contributed by atoms with E-state index in [-0.39, 0.29) is 34.5 Å². The summed E-state index contributed by atoms with van der Waals surface area (Å²) in [5, 5.41) is 8.68. The SMILES string of the molecule is Cl.O=C(O)c1cccc(S(=O)(=O)CCCl)c1. The molecule has 16 heavy (non-hydrogen) atoms. The summed E-state index contributed by atoms with van der Waals surface area (Å²) in [6, 6.07) is 5.21. The number of hydrogen-bond acceptors (Lipinski definition) is 3. The van der Waals surface area contributed by atoms with Crippen LogP contribution in [0.3, 0.4) is 0 Å². The fourth-order valence-electron chi connectivity index (χ4n) is 1.04. The number of aromatic carboxylic acids is 1. The summed E-state index contributed by atoms with van der Waals surface area (Å²) in [5.41, 5.74) is -0.0503. The second kappa shape index (κ2) is 6.08. The molecule has 1 N–H and O–H groups in total. The number of benzene rings is 1. The van der Waals surface area contributed by atoms with E-state index in [1.54, 1.807) is 0 Å². The van der Waals surface area contributed by atoms with Crippen LogP contribution in [0.25, 0.3) is 0 Å². The van der Waals surface area contributed by atoms with E-state index in [4.69, 9.17) is 16.7 Å². The van der Waals surface area contributed by atoms with Gasteiger partial charge < -0.3 is 5.11 Å². The van der Waals surface area contributed by atoms with Crippen LogP contribution in [0.15, 0.2) is 29.2 Å². The van der Waals surface area contributed by atoms with Crippen LogP contribution in [-0.4, -0.2) is 31.1 Å². The van der Waals surface area contributed by atoms with E-state index in [1.165, 1.54) is 18.2 Å². The normalized spacial score (nSPS) is 10.6. The van der Waals surface area contributed by atoms with Crippen molar-refractivity contribution in [3.05, 3.63) is 29.8 Å². The van der Waals surface area contributed by atoms with E-state index >= 15 is 0 Å². The first-order valence-corrected chi connectivity index (χ1v) is 6.28. The van der Waals surface area contributed by atoms with Gasteiger partial charge in [-0.3, -0.25) is 0 Å². The molecular weight excluding hydrogens is 275 g/mol. The van der Waals surface area contributed by atoms with Crippen LogP contribution in [0.1, 0.15) is 10.4 Å². The lowest BCUT2D eigenvalue weighted by Gasteiger charge is -2.02. The average Bonchev–Trinajstić information content (AvgIpc) is 2.18. The van der Waals surface area contributed by atoms with Crippen LogP contribution < -0.4 is 0 Å². The second-order valence-corrected chi connectivity index (χ2v) is 5.33. The molecule has 0 heterocycles. The molecule has 1 aromatic rings. The highest BCUT2D eigenvalue weighted by Gasteiger charge is 2.15. The van der Waals surface area contributed by atoms with Crippen LogP contribution in [-0.2, 0) is 9.84 Å². The maximum absolute atomic E-state index is 11.5. The summed E-state index contributed by atoms with van der Waals surface area (Å²) in [5.74, 6) is -1.37. The molecule has 0 bridgehead atoms. The summed E-state index contributed by atoms with van der Waals surface area (Å²) >= 11 is 5.34. The topological polar surface area (TPSA) is 71.4 Å². The molecule has 0 unspecified atom stereocenters. The van der Waals surface area contributed by atoms with Gasteiger partial charge in [-0.1, -0.05) is 6.07 Å². The molecular formula is C9H10Cl2O4S. The molecule has 0 fully saturated rings. The van der Waals surface area contributed by atoms with Crippen molar-refractivity contribution in [3.63, 3.8) is 0 Å². The van der Waals surface area contributed by atoms with Crippen molar-refractivity contribution >= 4 is 39.8 Å². The fraction of sp³-hybridized carbons (Fsp3) is 0.222. The van der Waals surface area contributed by atoms with Crippen molar-refractivity contribution in [1.29, 1.82) is 0 Å². The smallest absolute Gasteiger partial charge is 0.335 e. The molecule has 1 aromatic carbocycles. The Morgan fingerprint density at radius 3 is 2.50 bits per heavy atom. The number of carboxylic acids is 1. The first-order chi connectivity index (χ1) is 6.97. The van der Waals surface area contributed by atoms with Gasteiger partial charge in [0.15, 0.2) is 9.84 Å². The van der Waals surface area contributed by atoms with Crippen LogP contribution in [0.4, 0.5) is 0 Å². The van der Waals surface area contributed by atoms with Gasteiger partial charge in [0.1, 0.15) is 0 Å². The van der Waals surface area contributed by atoms with Gasteiger partial charge in [0.2, 0.25) is 0 Å². The Kier molecular flexibility index (Phi) is 5.78. The molecule has 0 spiro atoms. The minimum atomic E-state index is -3.46. The Morgan fingerprint density at radius 2 is 2.00 bits per heavy atom. The van der Waals surface area contributed by atoms with Crippen molar-refractivity contribution in [2.24, 2.45) is 0 Å². The van der Waals surface area contributed by atoms with Gasteiger partial charge in [0.05, 0.1) is 16.2 Å². The number of rotatable bonds is 4. The average molecular weight is 285 g/mol. The van der Waals surface area contributed by atoms with Gasteiger partial charge >= 0.3 is 5.97 Å². The van der Waals surface area contributed by atoms with E-state index in [1.807, 2.05) is 0 Å². The predicted octanol–water partition coefficient (Wildman–Crippen LogP) is 1.82. The van der Waals surface area contributed by atoms with Crippen LogP contribution >= 0.6 is 24.0 Å². The van der Waals surface area contributed by atoms with E-state index < -0.39 is 15.8 Å². The Morgan fingerprint density at radius 1 is 1.38 bits per heavy atom. The van der Waals surface area contributed by atoms with E-state index in [0.29, 0.717) is 0 Å². The maximum atomic E-state index is 11.5. The molecule has 0 atom stereocenters. The molecule has 0 aliphatic carbocycles. The van der Waals surface area contributed by atoms with Gasteiger partial charge in [-0.15, -0.1) is 24.0 Å². The molecule has 0 saturated heterocycles. The highest BCUT2D eigenvalue weighted by atomic mass is 35.5.